The number of rotatable bonds is 8. The van der Waals surface area contributed by atoms with Crippen LogP contribution in [0.1, 0.15) is 33.6 Å². The van der Waals surface area contributed by atoms with Crippen molar-refractivity contribution >= 4 is 5.97 Å². The van der Waals surface area contributed by atoms with Crippen LogP contribution in [0.5, 0.6) is 0 Å². The Hall–Kier alpha value is -0.610. The molecule has 0 radical (unpaired) electrons. The molecule has 15 heavy (non-hydrogen) atoms. The van der Waals surface area contributed by atoms with Crippen molar-refractivity contribution in [1.29, 1.82) is 0 Å². The Labute approximate surface area is 91.6 Å². The summed E-state index contributed by atoms with van der Waals surface area (Å²) in [5.74, 6) is -0.830. The lowest BCUT2D eigenvalue weighted by Gasteiger charge is -2.17. The molecule has 4 nitrogen and oxygen atoms in total. The summed E-state index contributed by atoms with van der Waals surface area (Å²) in [5.41, 5.74) is 0.296. The topological polar surface area (TPSA) is 55.8 Å². The first-order chi connectivity index (χ1) is 6.92. The molecule has 0 aliphatic heterocycles. The van der Waals surface area contributed by atoms with Crippen LogP contribution in [0, 0.1) is 5.41 Å². The van der Waals surface area contributed by atoms with Crippen LogP contribution < -0.4 is 0 Å². The van der Waals surface area contributed by atoms with Crippen molar-refractivity contribution in [2.24, 2.45) is 5.41 Å². The Bertz CT molecular complexity index is 172. The summed E-state index contributed by atoms with van der Waals surface area (Å²) < 4.78 is 10.4. The third-order valence-corrected chi connectivity index (χ3v) is 1.83. The van der Waals surface area contributed by atoms with Crippen LogP contribution >= 0.6 is 0 Å². The van der Waals surface area contributed by atoms with Crippen LogP contribution in [-0.4, -0.2) is 37.5 Å². The van der Waals surface area contributed by atoms with Crippen molar-refractivity contribution in [1.82, 2.24) is 0 Å². The van der Waals surface area contributed by atoms with Gasteiger partial charge in [-0.3, -0.25) is 4.79 Å². The van der Waals surface area contributed by atoms with Gasteiger partial charge < -0.3 is 14.6 Å². The molecule has 0 aromatic rings. The molecular weight excluding hydrogens is 196 g/mol. The molecular formula is C11H22O4. The van der Waals surface area contributed by atoms with Gasteiger partial charge in [0, 0.05) is 6.61 Å². The van der Waals surface area contributed by atoms with Crippen molar-refractivity contribution in [3.63, 3.8) is 0 Å². The quantitative estimate of drug-likeness (QED) is 0.632. The molecule has 0 rings (SSSR count). The molecule has 0 aromatic carbocycles. The fourth-order valence-electron chi connectivity index (χ4n) is 0.860. The SMILES string of the molecule is CC(C)(C)CCOCCOCCC(=O)O. The third-order valence-electron chi connectivity index (χ3n) is 1.83. The first-order valence-electron chi connectivity index (χ1n) is 5.29. The van der Waals surface area contributed by atoms with Gasteiger partial charge in [-0.1, -0.05) is 20.8 Å². The number of hydrogen-bond donors (Lipinski definition) is 1. The van der Waals surface area contributed by atoms with E-state index in [9.17, 15) is 4.79 Å². The summed E-state index contributed by atoms with van der Waals surface area (Å²) >= 11 is 0. The van der Waals surface area contributed by atoms with Gasteiger partial charge in [-0.15, -0.1) is 0 Å². The largest absolute Gasteiger partial charge is 0.481 e. The zero-order chi connectivity index (χ0) is 11.7. The zero-order valence-corrected chi connectivity index (χ0v) is 9.91. The van der Waals surface area contributed by atoms with Gasteiger partial charge in [0.1, 0.15) is 0 Å². The van der Waals surface area contributed by atoms with Gasteiger partial charge in [-0.25, -0.2) is 0 Å². The summed E-state index contributed by atoms with van der Waals surface area (Å²) in [7, 11) is 0. The summed E-state index contributed by atoms with van der Waals surface area (Å²) in [5, 5.41) is 8.33. The predicted molar refractivity (Wildman–Crippen MR) is 58.0 cm³/mol. The summed E-state index contributed by atoms with van der Waals surface area (Å²) in [4.78, 5) is 10.1. The minimum Gasteiger partial charge on any atom is -0.481 e. The molecule has 1 N–H and O–H groups in total. The van der Waals surface area contributed by atoms with Gasteiger partial charge in [0.05, 0.1) is 26.2 Å². The van der Waals surface area contributed by atoms with Gasteiger partial charge >= 0.3 is 5.97 Å². The average molecular weight is 218 g/mol. The van der Waals surface area contributed by atoms with E-state index in [1.54, 1.807) is 0 Å². The minimum absolute atomic E-state index is 0.0575. The van der Waals surface area contributed by atoms with Gasteiger partial charge in [0.25, 0.3) is 0 Å². The first kappa shape index (κ1) is 14.4. The lowest BCUT2D eigenvalue weighted by molar-refractivity contribution is -0.138. The highest BCUT2D eigenvalue weighted by molar-refractivity contribution is 5.66. The number of ether oxygens (including phenoxy) is 2. The predicted octanol–water partition coefficient (Wildman–Crippen LogP) is 1.93. The maximum Gasteiger partial charge on any atom is 0.305 e. The molecule has 0 aromatic heterocycles. The Kier molecular flexibility index (Phi) is 7.34. The molecule has 0 bridgehead atoms. The molecule has 90 valence electrons. The number of carbonyl (C=O) groups is 1. The highest BCUT2D eigenvalue weighted by Gasteiger charge is 2.08. The van der Waals surface area contributed by atoms with Crippen LogP contribution in [0.15, 0.2) is 0 Å². The van der Waals surface area contributed by atoms with Crippen molar-refractivity contribution in [2.45, 2.75) is 33.6 Å². The monoisotopic (exact) mass is 218 g/mol. The van der Waals surface area contributed by atoms with E-state index in [0.717, 1.165) is 13.0 Å². The number of carboxylic acids is 1. The van der Waals surface area contributed by atoms with E-state index >= 15 is 0 Å². The Morgan fingerprint density at radius 2 is 1.60 bits per heavy atom. The molecule has 0 amide bonds. The second-order valence-electron chi connectivity index (χ2n) is 4.68. The molecule has 0 heterocycles. The van der Waals surface area contributed by atoms with E-state index in [1.165, 1.54) is 0 Å². The van der Waals surface area contributed by atoms with E-state index in [0.29, 0.717) is 18.6 Å². The molecule has 0 unspecified atom stereocenters. The van der Waals surface area contributed by atoms with Gasteiger partial charge in [0.15, 0.2) is 0 Å². The minimum atomic E-state index is -0.830. The molecule has 4 heteroatoms. The molecule has 0 aliphatic rings. The van der Waals surface area contributed by atoms with Crippen molar-refractivity contribution in [3.8, 4) is 0 Å². The van der Waals surface area contributed by atoms with Crippen LogP contribution in [0.4, 0.5) is 0 Å². The Morgan fingerprint density at radius 1 is 1.07 bits per heavy atom. The highest BCUT2D eigenvalue weighted by Crippen LogP contribution is 2.17. The lowest BCUT2D eigenvalue weighted by Crippen LogP contribution is -2.12. The molecule has 0 fully saturated rings. The summed E-state index contributed by atoms with van der Waals surface area (Å²) in [6, 6.07) is 0. The number of aliphatic carboxylic acids is 1. The summed E-state index contributed by atoms with van der Waals surface area (Å²) in [6.07, 6.45) is 1.07. The molecule has 0 atom stereocenters. The van der Waals surface area contributed by atoms with Crippen molar-refractivity contribution in [2.75, 3.05) is 26.4 Å². The molecule has 0 saturated heterocycles. The Morgan fingerprint density at radius 3 is 2.07 bits per heavy atom. The maximum atomic E-state index is 10.1. The second kappa shape index (κ2) is 7.65. The first-order valence-corrected chi connectivity index (χ1v) is 5.29. The normalized spacial score (nSPS) is 11.7. The maximum absolute atomic E-state index is 10.1. The van der Waals surface area contributed by atoms with Crippen molar-refractivity contribution in [3.05, 3.63) is 0 Å². The number of carboxylic acid groups (broad SMARTS) is 1. The van der Waals surface area contributed by atoms with Crippen molar-refractivity contribution < 1.29 is 19.4 Å². The van der Waals surface area contributed by atoms with E-state index in [-0.39, 0.29) is 13.0 Å². The van der Waals surface area contributed by atoms with E-state index in [2.05, 4.69) is 20.8 Å². The lowest BCUT2D eigenvalue weighted by atomic mass is 9.93. The van der Waals surface area contributed by atoms with Crippen LogP contribution in [0.25, 0.3) is 0 Å². The van der Waals surface area contributed by atoms with Crippen LogP contribution in [0.2, 0.25) is 0 Å². The number of hydrogen-bond acceptors (Lipinski definition) is 3. The smallest absolute Gasteiger partial charge is 0.305 e. The van der Waals surface area contributed by atoms with Crippen LogP contribution in [0.3, 0.4) is 0 Å². The third kappa shape index (κ3) is 13.4. The van der Waals surface area contributed by atoms with Crippen LogP contribution in [-0.2, 0) is 14.3 Å². The fourth-order valence-corrected chi connectivity index (χ4v) is 0.860. The second-order valence-corrected chi connectivity index (χ2v) is 4.68. The zero-order valence-electron chi connectivity index (χ0n) is 9.91. The Balaban J connectivity index is 3.09. The standard InChI is InChI=1S/C11H22O4/c1-11(2,3)5-7-15-9-8-14-6-4-10(12)13/h4-9H2,1-3H3,(H,12,13). The van der Waals surface area contributed by atoms with Gasteiger partial charge in [-0.2, -0.15) is 0 Å². The summed E-state index contributed by atoms with van der Waals surface area (Å²) in [6.45, 7) is 8.50. The molecule has 0 spiro atoms. The molecule has 0 saturated carbocycles. The van der Waals surface area contributed by atoms with E-state index < -0.39 is 5.97 Å². The fraction of sp³-hybridized carbons (Fsp3) is 0.909. The molecule has 0 aliphatic carbocycles. The highest BCUT2D eigenvalue weighted by atomic mass is 16.5. The van der Waals surface area contributed by atoms with Gasteiger partial charge in [-0.05, 0) is 11.8 Å². The van der Waals surface area contributed by atoms with E-state index in [4.69, 9.17) is 14.6 Å². The van der Waals surface area contributed by atoms with Gasteiger partial charge in [0.2, 0.25) is 0 Å². The van der Waals surface area contributed by atoms with E-state index in [1.807, 2.05) is 0 Å². The average Bonchev–Trinajstić information content (AvgIpc) is 2.07.